The molecule has 0 fully saturated rings. The number of carbonyl (C=O) groups is 1. The molecule has 0 aliphatic rings. The van der Waals surface area contributed by atoms with Crippen LogP contribution in [-0.4, -0.2) is 50.6 Å². The Kier molecular flexibility index (Phi) is 7.22. The number of rotatable bonds is 10. The van der Waals surface area contributed by atoms with Gasteiger partial charge in [-0.1, -0.05) is 19.1 Å². The van der Waals surface area contributed by atoms with Gasteiger partial charge in [-0.2, -0.15) is 0 Å². The van der Waals surface area contributed by atoms with Crippen LogP contribution in [0.25, 0.3) is 17.1 Å². The third-order valence-corrected chi connectivity index (χ3v) is 4.73. The van der Waals surface area contributed by atoms with Gasteiger partial charge >= 0.3 is 0 Å². The zero-order chi connectivity index (χ0) is 22.4. The van der Waals surface area contributed by atoms with Gasteiger partial charge in [-0.25, -0.2) is 0 Å². The Hall–Kier alpha value is -3.43. The van der Waals surface area contributed by atoms with Crippen molar-refractivity contribution in [1.82, 2.24) is 20.1 Å². The van der Waals surface area contributed by atoms with E-state index in [0.29, 0.717) is 30.0 Å². The summed E-state index contributed by atoms with van der Waals surface area (Å²) in [5.41, 5.74) is 8.04. The first kappa shape index (κ1) is 22.3. The second-order valence-electron chi connectivity index (χ2n) is 7.16. The average Bonchev–Trinajstić information content (AvgIpc) is 3.19. The molecule has 0 saturated heterocycles. The molecule has 5 N–H and O–H groups in total. The van der Waals surface area contributed by atoms with Crippen LogP contribution in [0.2, 0.25) is 0 Å². The fourth-order valence-corrected chi connectivity index (χ4v) is 3.11. The van der Waals surface area contributed by atoms with Crippen LogP contribution in [0, 0.1) is 6.92 Å². The minimum absolute atomic E-state index is 0.0422. The summed E-state index contributed by atoms with van der Waals surface area (Å²) in [6.07, 6.45) is 1.00. The van der Waals surface area contributed by atoms with E-state index < -0.39 is 5.91 Å². The van der Waals surface area contributed by atoms with Gasteiger partial charge < -0.3 is 26.0 Å². The SMILES string of the molecule is CCCOCCNCc1ccc(-n2c(C(N)=O)nnc2-c2cc(C)c(O)cc2O)cc1. The third kappa shape index (κ3) is 5.19. The van der Waals surface area contributed by atoms with Crippen LogP contribution in [0.5, 0.6) is 11.5 Å². The van der Waals surface area contributed by atoms with Gasteiger partial charge in [0.1, 0.15) is 11.5 Å². The molecule has 0 atom stereocenters. The van der Waals surface area contributed by atoms with Gasteiger partial charge in [0, 0.05) is 31.5 Å². The molecule has 1 heterocycles. The number of aromatic hydroxyl groups is 2. The van der Waals surface area contributed by atoms with E-state index in [2.05, 4.69) is 22.4 Å². The van der Waals surface area contributed by atoms with E-state index in [4.69, 9.17) is 10.5 Å². The lowest BCUT2D eigenvalue weighted by Crippen LogP contribution is -2.19. The van der Waals surface area contributed by atoms with Crippen molar-refractivity contribution < 1.29 is 19.7 Å². The Labute approximate surface area is 180 Å². The van der Waals surface area contributed by atoms with Crippen LogP contribution in [0.3, 0.4) is 0 Å². The zero-order valence-corrected chi connectivity index (χ0v) is 17.6. The number of primary amides is 1. The first-order chi connectivity index (χ1) is 14.9. The van der Waals surface area contributed by atoms with Gasteiger partial charge in [0.05, 0.1) is 12.2 Å². The molecule has 0 aliphatic heterocycles. The van der Waals surface area contributed by atoms with Crippen molar-refractivity contribution in [2.24, 2.45) is 5.73 Å². The molecule has 0 radical (unpaired) electrons. The van der Waals surface area contributed by atoms with Crippen molar-refractivity contribution in [2.75, 3.05) is 19.8 Å². The number of phenols is 2. The molecular weight excluding hydrogens is 398 g/mol. The summed E-state index contributed by atoms with van der Waals surface area (Å²) in [7, 11) is 0. The highest BCUT2D eigenvalue weighted by atomic mass is 16.5. The number of nitrogens with one attached hydrogen (secondary N) is 1. The molecule has 0 saturated carbocycles. The Bertz CT molecular complexity index is 1050. The first-order valence-corrected chi connectivity index (χ1v) is 10.1. The minimum atomic E-state index is -0.744. The number of carbonyl (C=O) groups excluding carboxylic acids is 1. The Morgan fingerprint density at radius 2 is 1.87 bits per heavy atom. The molecule has 9 heteroatoms. The number of nitrogens with zero attached hydrogens (tertiary/aromatic N) is 3. The van der Waals surface area contributed by atoms with E-state index in [-0.39, 0.29) is 23.1 Å². The van der Waals surface area contributed by atoms with Crippen LogP contribution >= 0.6 is 0 Å². The van der Waals surface area contributed by atoms with Crippen molar-refractivity contribution in [3.63, 3.8) is 0 Å². The van der Waals surface area contributed by atoms with E-state index in [1.807, 2.05) is 24.3 Å². The van der Waals surface area contributed by atoms with Gasteiger partial charge in [0.2, 0.25) is 5.82 Å². The Morgan fingerprint density at radius 3 is 2.55 bits per heavy atom. The standard InChI is InChI=1S/C22H27N5O4/c1-3-9-31-10-8-24-13-15-4-6-16(7-5-15)27-21(25-26-22(27)20(23)30)17-11-14(2)18(28)12-19(17)29/h4-7,11-12,24,28-29H,3,8-10,13H2,1-2H3,(H2,23,30). The monoisotopic (exact) mass is 425 g/mol. The Morgan fingerprint density at radius 1 is 1.13 bits per heavy atom. The van der Waals surface area contributed by atoms with E-state index in [9.17, 15) is 15.0 Å². The highest BCUT2D eigenvalue weighted by Crippen LogP contribution is 2.35. The predicted molar refractivity (Wildman–Crippen MR) is 116 cm³/mol. The molecule has 0 spiro atoms. The average molecular weight is 425 g/mol. The summed E-state index contributed by atoms with van der Waals surface area (Å²) in [4.78, 5) is 11.9. The van der Waals surface area contributed by atoms with Crippen LogP contribution < -0.4 is 11.1 Å². The molecule has 1 amide bonds. The number of ether oxygens (including phenoxy) is 1. The van der Waals surface area contributed by atoms with Gasteiger partial charge in [0.15, 0.2) is 5.82 Å². The molecule has 0 aliphatic carbocycles. The summed E-state index contributed by atoms with van der Waals surface area (Å²) < 4.78 is 6.94. The van der Waals surface area contributed by atoms with Crippen LogP contribution in [-0.2, 0) is 11.3 Å². The lowest BCUT2D eigenvalue weighted by atomic mass is 10.1. The van der Waals surface area contributed by atoms with E-state index >= 15 is 0 Å². The molecule has 3 rings (SSSR count). The quantitative estimate of drug-likeness (QED) is 0.366. The van der Waals surface area contributed by atoms with Gasteiger partial charge in [0.25, 0.3) is 5.91 Å². The summed E-state index contributed by atoms with van der Waals surface area (Å²) in [5.74, 6) is -0.780. The van der Waals surface area contributed by atoms with Gasteiger partial charge in [-0.3, -0.25) is 9.36 Å². The molecule has 0 bridgehead atoms. The normalized spacial score (nSPS) is 11.0. The smallest absolute Gasteiger partial charge is 0.287 e. The largest absolute Gasteiger partial charge is 0.508 e. The molecule has 164 valence electrons. The predicted octanol–water partition coefficient (Wildman–Crippen LogP) is 2.27. The second kappa shape index (κ2) is 10.1. The van der Waals surface area contributed by atoms with Crippen LogP contribution in [0.1, 0.15) is 35.1 Å². The minimum Gasteiger partial charge on any atom is -0.508 e. The maximum absolute atomic E-state index is 11.9. The van der Waals surface area contributed by atoms with Gasteiger partial charge in [-0.15, -0.1) is 10.2 Å². The molecule has 9 nitrogen and oxygen atoms in total. The second-order valence-corrected chi connectivity index (χ2v) is 7.16. The van der Waals surface area contributed by atoms with Gasteiger partial charge in [-0.05, 0) is 42.7 Å². The summed E-state index contributed by atoms with van der Waals surface area (Å²) in [6.45, 7) is 6.62. The number of nitrogens with two attached hydrogens (primary N) is 1. The Balaban J connectivity index is 1.86. The summed E-state index contributed by atoms with van der Waals surface area (Å²) in [6, 6.07) is 10.3. The number of hydrogen-bond acceptors (Lipinski definition) is 7. The van der Waals surface area contributed by atoms with E-state index in [1.54, 1.807) is 13.0 Å². The van der Waals surface area contributed by atoms with E-state index in [1.165, 1.54) is 10.6 Å². The molecule has 3 aromatic rings. The molecule has 1 aromatic heterocycles. The topological polar surface area (TPSA) is 136 Å². The number of amides is 1. The fourth-order valence-electron chi connectivity index (χ4n) is 3.11. The van der Waals surface area contributed by atoms with Crippen molar-refractivity contribution >= 4 is 5.91 Å². The molecule has 0 unspecified atom stereocenters. The zero-order valence-electron chi connectivity index (χ0n) is 17.6. The number of aryl methyl sites for hydroxylation is 1. The highest BCUT2D eigenvalue weighted by Gasteiger charge is 2.22. The fraction of sp³-hybridized carbons (Fsp3) is 0.318. The number of phenolic OH excluding ortho intramolecular Hbond substituents is 2. The number of hydrogen-bond donors (Lipinski definition) is 4. The number of benzene rings is 2. The maximum Gasteiger partial charge on any atom is 0.287 e. The van der Waals surface area contributed by atoms with Crippen LogP contribution in [0.15, 0.2) is 36.4 Å². The summed E-state index contributed by atoms with van der Waals surface area (Å²) in [5, 5.41) is 31.4. The molecular formula is C22H27N5O4. The molecule has 31 heavy (non-hydrogen) atoms. The maximum atomic E-state index is 11.9. The lowest BCUT2D eigenvalue weighted by molar-refractivity contribution is 0.0988. The van der Waals surface area contributed by atoms with Crippen molar-refractivity contribution in [1.29, 1.82) is 0 Å². The number of aromatic nitrogens is 3. The van der Waals surface area contributed by atoms with Crippen molar-refractivity contribution in [3.05, 3.63) is 53.3 Å². The van der Waals surface area contributed by atoms with Crippen molar-refractivity contribution in [3.8, 4) is 28.6 Å². The highest BCUT2D eigenvalue weighted by molar-refractivity contribution is 5.90. The summed E-state index contributed by atoms with van der Waals surface area (Å²) >= 11 is 0. The lowest BCUT2D eigenvalue weighted by Gasteiger charge is -2.12. The first-order valence-electron chi connectivity index (χ1n) is 10.1. The van der Waals surface area contributed by atoms with E-state index in [0.717, 1.165) is 25.1 Å². The molecule has 2 aromatic carbocycles. The third-order valence-electron chi connectivity index (χ3n) is 4.73. The van der Waals surface area contributed by atoms with Crippen LogP contribution in [0.4, 0.5) is 0 Å². The van der Waals surface area contributed by atoms with Crippen molar-refractivity contribution in [2.45, 2.75) is 26.8 Å².